The van der Waals surface area contributed by atoms with Gasteiger partial charge in [-0.15, -0.1) is 0 Å². The number of nitrogens with zero attached hydrogens (tertiary/aromatic N) is 5. The van der Waals surface area contributed by atoms with E-state index in [1.165, 1.54) is 12.4 Å². The van der Waals surface area contributed by atoms with Gasteiger partial charge in [0.25, 0.3) is 0 Å². The second-order valence-corrected chi connectivity index (χ2v) is 6.70. The topological polar surface area (TPSA) is 73.1 Å². The number of benzene rings is 1. The lowest BCUT2D eigenvalue weighted by molar-refractivity contribution is 0.137. The van der Waals surface area contributed by atoms with Crippen LogP contribution in [0.25, 0.3) is 5.69 Å². The van der Waals surface area contributed by atoms with Crippen molar-refractivity contribution in [1.82, 2.24) is 24.6 Å². The number of carbonyl (C=O) groups excluding carboxylic acids is 1. The highest BCUT2D eigenvalue weighted by Gasteiger charge is 2.28. The monoisotopic (exact) mass is 381 g/mol. The molecule has 8 heteroatoms. The average molecular weight is 381 g/mol. The van der Waals surface area contributed by atoms with Crippen molar-refractivity contribution >= 4 is 6.09 Å². The zero-order valence-corrected chi connectivity index (χ0v) is 15.5. The molecule has 1 amide bonds. The summed E-state index contributed by atoms with van der Waals surface area (Å²) < 4.78 is 21.2. The molecule has 0 saturated carbocycles. The van der Waals surface area contributed by atoms with Crippen LogP contribution in [0.2, 0.25) is 0 Å². The Labute approximate surface area is 161 Å². The Morgan fingerprint density at radius 2 is 1.93 bits per heavy atom. The van der Waals surface area contributed by atoms with Crippen LogP contribution in [0.5, 0.6) is 5.75 Å². The normalized spacial score (nSPS) is 14.9. The van der Waals surface area contributed by atoms with Gasteiger partial charge in [-0.1, -0.05) is 12.1 Å². The first-order valence-electron chi connectivity index (χ1n) is 9.16. The minimum atomic E-state index is -0.384. The fourth-order valence-electron chi connectivity index (χ4n) is 3.39. The van der Waals surface area contributed by atoms with Gasteiger partial charge in [-0.3, -0.25) is 4.98 Å². The maximum atomic E-state index is 14.1. The molecule has 1 aliphatic rings. The Hall–Kier alpha value is -3.29. The molecule has 1 aromatic carbocycles. The van der Waals surface area contributed by atoms with Crippen LogP contribution in [0.4, 0.5) is 9.18 Å². The highest BCUT2D eigenvalue weighted by Crippen LogP contribution is 2.29. The van der Waals surface area contributed by atoms with Crippen molar-refractivity contribution in [2.45, 2.75) is 25.7 Å². The molecule has 144 valence electrons. The summed E-state index contributed by atoms with van der Waals surface area (Å²) >= 11 is 0. The van der Waals surface area contributed by atoms with E-state index < -0.39 is 0 Å². The van der Waals surface area contributed by atoms with E-state index in [1.807, 2.05) is 0 Å². The SMILES string of the molecule is Cc1ncccc1OC(=O)N1CCC(c2ncnn2-c2ccccc2F)CC1. The number of halogens is 1. The van der Waals surface area contributed by atoms with Crippen LogP contribution in [-0.4, -0.2) is 43.8 Å². The molecule has 0 bridgehead atoms. The van der Waals surface area contributed by atoms with E-state index in [4.69, 9.17) is 4.74 Å². The molecule has 0 radical (unpaired) electrons. The lowest BCUT2D eigenvalue weighted by Crippen LogP contribution is -2.40. The summed E-state index contributed by atoms with van der Waals surface area (Å²) in [6.45, 7) is 2.87. The first-order valence-corrected chi connectivity index (χ1v) is 9.16. The van der Waals surface area contributed by atoms with Gasteiger partial charge in [-0.25, -0.2) is 18.9 Å². The lowest BCUT2D eigenvalue weighted by Gasteiger charge is -2.30. The highest BCUT2D eigenvalue weighted by molar-refractivity contribution is 5.71. The molecular weight excluding hydrogens is 361 g/mol. The van der Waals surface area contributed by atoms with Crippen molar-refractivity contribution in [2.75, 3.05) is 13.1 Å². The molecule has 0 N–H and O–H groups in total. The van der Waals surface area contributed by atoms with Gasteiger partial charge >= 0.3 is 6.09 Å². The van der Waals surface area contributed by atoms with Gasteiger partial charge in [-0.05, 0) is 44.0 Å². The van der Waals surface area contributed by atoms with Crippen LogP contribution in [0.1, 0.15) is 30.3 Å². The third-order valence-electron chi connectivity index (χ3n) is 4.93. The minimum absolute atomic E-state index is 0.0892. The lowest BCUT2D eigenvalue weighted by atomic mass is 9.96. The Morgan fingerprint density at radius 1 is 1.14 bits per heavy atom. The van der Waals surface area contributed by atoms with Crippen LogP contribution < -0.4 is 4.74 Å². The first kappa shape index (κ1) is 18.1. The minimum Gasteiger partial charge on any atom is -0.408 e. The maximum absolute atomic E-state index is 14.1. The predicted molar refractivity (Wildman–Crippen MR) is 99.9 cm³/mol. The van der Waals surface area contributed by atoms with E-state index in [0.29, 0.717) is 48.9 Å². The van der Waals surface area contributed by atoms with Crippen molar-refractivity contribution in [2.24, 2.45) is 0 Å². The molecular formula is C20H20FN5O2. The van der Waals surface area contributed by atoms with Crippen LogP contribution in [0.15, 0.2) is 48.9 Å². The number of hydrogen-bond acceptors (Lipinski definition) is 5. The molecule has 28 heavy (non-hydrogen) atoms. The summed E-state index contributed by atoms with van der Waals surface area (Å²) in [5, 5.41) is 4.20. The molecule has 7 nitrogen and oxygen atoms in total. The molecule has 3 heterocycles. The zero-order valence-electron chi connectivity index (χ0n) is 15.5. The van der Waals surface area contributed by atoms with Gasteiger partial charge < -0.3 is 9.64 Å². The van der Waals surface area contributed by atoms with E-state index >= 15 is 0 Å². The molecule has 0 unspecified atom stereocenters. The smallest absolute Gasteiger partial charge is 0.408 e. The Bertz CT molecular complexity index is 982. The highest BCUT2D eigenvalue weighted by atomic mass is 19.1. The molecule has 1 saturated heterocycles. The number of aryl methyl sites for hydroxylation is 1. The van der Waals surface area contributed by atoms with Crippen molar-refractivity contribution in [3.05, 3.63) is 66.3 Å². The molecule has 2 aromatic heterocycles. The summed E-state index contributed by atoms with van der Waals surface area (Å²) in [5.41, 5.74) is 1.05. The Kier molecular flexibility index (Phi) is 5.01. The van der Waals surface area contributed by atoms with Crippen LogP contribution >= 0.6 is 0 Å². The van der Waals surface area contributed by atoms with Crippen molar-refractivity contribution in [3.63, 3.8) is 0 Å². The fourth-order valence-corrected chi connectivity index (χ4v) is 3.39. The van der Waals surface area contributed by atoms with Gasteiger partial charge in [0.15, 0.2) is 5.75 Å². The number of rotatable bonds is 3. The molecule has 3 aromatic rings. The number of aromatic nitrogens is 4. The third kappa shape index (κ3) is 3.58. The fraction of sp³-hybridized carbons (Fsp3) is 0.300. The number of hydrogen-bond donors (Lipinski definition) is 0. The predicted octanol–water partition coefficient (Wildman–Crippen LogP) is 3.49. The summed E-state index contributed by atoms with van der Waals surface area (Å²) in [6, 6.07) is 9.95. The molecule has 1 aliphatic heterocycles. The summed E-state index contributed by atoms with van der Waals surface area (Å²) in [6.07, 6.45) is 4.12. The van der Waals surface area contributed by atoms with Gasteiger partial charge in [0, 0.05) is 25.2 Å². The van der Waals surface area contributed by atoms with Gasteiger partial charge in [-0.2, -0.15) is 5.10 Å². The van der Waals surface area contributed by atoms with E-state index in [0.717, 1.165) is 0 Å². The number of amides is 1. The van der Waals surface area contributed by atoms with E-state index in [2.05, 4.69) is 15.1 Å². The van der Waals surface area contributed by atoms with Gasteiger partial charge in [0.05, 0.1) is 5.69 Å². The number of piperidine rings is 1. The van der Waals surface area contributed by atoms with E-state index in [9.17, 15) is 9.18 Å². The Balaban J connectivity index is 1.43. The van der Waals surface area contributed by atoms with E-state index in [-0.39, 0.29) is 17.8 Å². The van der Waals surface area contributed by atoms with Crippen LogP contribution in [0.3, 0.4) is 0 Å². The summed E-state index contributed by atoms with van der Waals surface area (Å²) in [7, 11) is 0. The molecule has 0 spiro atoms. The number of carbonyl (C=O) groups is 1. The molecule has 0 atom stereocenters. The van der Waals surface area contributed by atoms with Crippen LogP contribution in [-0.2, 0) is 0 Å². The summed E-state index contributed by atoms with van der Waals surface area (Å²) in [5.74, 6) is 0.920. The zero-order chi connectivity index (χ0) is 19.5. The maximum Gasteiger partial charge on any atom is 0.415 e. The number of ether oxygens (including phenoxy) is 1. The molecule has 1 fully saturated rings. The average Bonchev–Trinajstić information content (AvgIpc) is 3.20. The Morgan fingerprint density at radius 3 is 2.68 bits per heavy atom. The number of pyridine rings is 1. The number of likely N-dealkylation sites (tertiary alicyclic amines) is 1. The second kappa shape index (κ2) is 7.75. The van der Waals surface area contributed by atoms with Gasteiger partial charge in [0.2, 0.25) is 0 Å². The van der Waals surface area contributed by atoms with Crippen molar-refractivity contribution in [1.29, 1.82) is 0 Å². The third-order valence-corrected chi connectivity index (χ3v) is 4.93. The van der Waals surface area contributed by atoms with E-state index in [1.54, 1.807) is 53.0 Å². The molecule has 4 rings (SSSR count). The second-order valence-electron chi connectivity index (χ2n) is 6.70. The summed E-state index contributed by atoms with van der Waals surface area (Å²) in [4.78, 5) is 22.6. The van der Waals surface area contributed by atoms with Crippen molar-refractivity contribution in [3.8, 4) is 11.4 Å². The molecule has 0 aliphatic carbocycles. The standard InChI is InChI=1S/C20H20FN5O2/c1-14-18(7-4-10-22-14)28-20(27)25-11-8-15(9-12-25)19-23-13-24-26(19)17-6-3-2-5-16(17)21/h2-7,10,13,15H,8-9,11-12H2,1H3. The van der Waals surface area contributed by atoms with Crippen molar-refractivity contribution < 1.29 is 13.9 Å². The van der Waals surface area contributed by atoms with Crippen LogP contribution in [0, 0.1) is 12.7 Å². The largest absolute Gasteiger partial charge is 0.415 e. The number of para-hydroxylation sites is 1. The quantitative estimate of drug-likeness (QED) is 0.694. The van der Waals surface area contributed by atoms with Gasteiger partial charge in [0.1, 0.15) is 23.7 Å². The first-order chi connectivity index (χ1) is 13.6.